The summed E-state index contributed by atoms with van der Waals surface area (Å²) in [6.45, 7) is 0. The van der Waals surface area contributed by atoms with Crippen molar-refractivity contribution < 1.29 is 23.4 Å². The van der Waals surface area contributed by atoms with Gasteiger partial charge in [0.15, 0.2) is 0 Å². The summed E-state index contributed by atoms with van der Waals surface area (Å²) in [5.74, 6) is -1.18. The van der Waals surface area contributed by atoms with Crippen LogP contribution < -0.4 is 20.5 Å². The topological polar surface area (TPSA) is 122 Å². The van der Waals surface area contributed by atoms with Gasteiger partial charge in [-0.2, -0.15) is 0 Å². The van der Waals surface area contributed by atoms with E-state index < -0.39 is 11.6 Å². The molecular formula is C28H27F2N5O3S. The van der Waals surface area contributed by atoms with Gasteiger partial charge in [0.05, 0.1) is 29.2 Å². The van der Waals surface area contributed by atoms with Crippen LogP contribution in [0.2, 0.25) is 0 Å². The van der Waals surface area contributed by atoms with E-state index >= 15 is 0 Å². The van der Waals surface area contributed by atoms with Crippen molar-refractivity contribution in [3.63, 3.8) is 0 Å². The minimum Gasteiger partial charge on any atom is -0.480 e. The fraction of sp³-hybridized carbons (Fsp3) is 0.250. The van der Waals surface area contributed by atoms with E-state index in [1.165, 1.54) is 19.2 Å². The number of rotatable bonds is 7. The van der Waals surface area contributed by atoms with Gasteiger partial charge in [0.2, 0.25) is 5.88 Å². The summed E-state index contributed by atoms with van der Waals surface area (Å²) in [7, 11) is 1.48. The molecule has 1 amide bonds. The molecule has 202 valence electrons. The lowest BCUT2D eigenvalue weighted by Crippen LogP contribution is -2.38. The predicted molar refractivity (Wildman–Crippen MR) is 148 cm³/mol. The SMILES string of the molecule is COc1ncc(-c2ccc3nc(N)c(C(=O)NC4CCC(O)CC4)cc3c2)cc1NSc1ccc(F)cc1F. The van der Waals surface area contributed by atoms with Crippen LogP contribution in [0, 0.1) is 11.6 Å². The Bertz CT molecular complexity index is 1530. The number of hydrogen-bond acceptors (Lipinski definition) is 8. The maximum absolute atomic E-state index is 14.1. The van der Waals surface area contributed by atoms with Gasteiger partial charge in [-0.25, -0.2) is 18.7 Å². The number of nitrogens with zero attached hydrogens (tertiary/aromatic N) is 2. The molecule has 2 aromatic heterocycles. The fourth-order valence-electron chi connectivity index (χ4n) is 4.55. The zero-order valence-electron chi connectivity index (χ0n) is 21.1. The highest BCUT2D eigenvalue weighted by Gasteiger charge is 2.23. The van der Waals surface area contributed by atoms with Crippen molar-refractivity contribution in [3.8, 4) is 17.0 Å². The van der Waals surface area contributed by atoms with Crippen LogP contribution >= 0.6 is 11.9 Å². The minimum absolute atomic E-state index is 0.0140. The number of carbonyl (C=O) groups is 1. The summed E-state index contributed by atoms with van der Waals surface area (Å²) in [6.07, 6.45) is 4.07. The van der Waals surface area contributed by atoms with E-state index in [0.29, 0.717) is 48.3 Å². The number of aliphatic hydroxyl groups excluding tert-OH is 1. The molecule has 2 heterocycles. The Morgan fingerprint density at radius 3 is 2.62 bits per heavy atom. The average molecular weight is 552 g/mol. The Morgan fingerprint density at radius 2 is 1.87 bits per heavy atom. The number of ether oxygens (including phenoxy) is 1. The van der Waals surface area contributed by atoms with Gasteiger partial charge in [-0.3, -0.25) is 4.79 Å². The smallest absolute Gasteiger partial charge is 0.255 e. The summed E-state index contributed by atoms with van der Waals surface area (Å²) >= 11 is 0.972. The maximum Gasteiger partial charge on any atom is 0.255 e. The number of nitrogen functional groups attached to an aromatic ring is 1. The van der Waals surface area contributed by atoms with Gasteiger partial charge in [-0.05, 0) is 79.6 Å². The van der Waals surface area contributed by atoms with Gasteiger partial charge < -0.3 is 25.6 Å². The number of anilines is 2. The number of methoxy groups -OCH3 is 1. The van der Waals surface area contributed by atoms with E-state index in [9.17, 15) is 18.7 Å². The monoisotopic (exact) mass is 551 g/mol. The Balaban J connectivity index is 1.40. The van der Waals surface area contributed by atoms with Crippen LogP contribution in [0.15, 0.2) is 59.6 Å². The van der Waals surface area contributed by atoms with Crippen molar-refractivity contribution in [1.29, 1.82) is 0 Å². The molecule has 2 aromatic carbocycles. The Labute approximate surface area is 228 Å². The first kappa shape index (κ1) is 26.6. The first-order valence-electron chi connectivity index (χ1n) is 12.4. The van der Waals surface area contributed by atoms with Crippen LogP contribution in [0.5, 0.6) is 5.88 Å². The number of pyridine rings is 2. The fourth-order valence-corrected chi connectivity index (χ4v) is 5.21. The zero-order chi connectivity index (χ0) is 27.5. The molecule has 8 nitrogen and oxygen atoms in total. The van der Waals surface area contributed by atoms with Crippen LogP contribution in [0.25, 0.3) is 22.0 Å². The van der Waals surface area contributed by atoms with Crippen molar-refractivity contribution in [1.82, 2.24) is 15.3 Å². The summed E-state index contributed by atoms with van der Waals surface area (Å²) in [5, 5.41) is 13.5. The molecule has 5 N–H and O–H groups in total. The average Bonchev–Trinajstić information content (AvgIpc) is 2.93. The lowest BCUT2D eigenvalue weighted by Gasteiger charge is -2.26. The van der Waals surface area contributed by atoms with Gasteiger partial charge in [0, 0.05) is 29.3 Å². The number of benzene rings is 2. The molecule has 0 saturated heterocycles. The molecule has 1 aliphatic rings. The van der Waals surface area contributed by atoms with E-state index in [1.54, 1.807) is 18.3 Å². The van der Waals surface area contributed by atoms with E-state index in [4.69, 9.17) is 10.5 Å². The minimum atomic E-state index is -0.683. The molecule has 11 heteroatoms. The van der Waals surface area contributed by atoms with Crippen LogP contribution in [-0.2, 0) is 0 Å². The summed E-state index contributed by atoms with van der Waals surface area (Å²) in [4.78, 5) is 22.0. The van der Waals surface area contributed by atoms with E-state index in [2.05, 4.69) is 20.0 Å². The second-order valence-electron chi connectivity index (χ2n) is 9.37. The maximum atomic E-state index is 14.1. The van der Waals surface area contributed by atoms with Crippen LogP contribution in [0.1, 0.15) is 36.0 Å². The number of hydrogen-bond donors (Lipinski definition) is 4. The lowest BCUT2D eigenvalue weighted by atomic mass is 9.93. The molecule has 5 rings (SSSR count). The second-order valence-corrected chi connectivity index (χ2v) is 10.2. The molecule has 0 unspecified atom stereocenters. The Hall–Kier alpha value is -3.96. The highest BCUT2D eigenvalue weighted by atomic mass is 32.2. The molecule has 39 heavy (non-hydrogen) atoms. The standard InChI is InChI=1S/C28H27F2N5O3S/c1-38-28-24(35-39-25-9-3-18(29)13-22(25)30)12-17(14-32-28)15-2-8-23-16(10-15)11-21(26(31)34-23)27(37)33-19-4-6-20(36)7-5-19/h2-3,8-14,19-20,35-36H,4-7H2,1H3,(H2,31,34)(H,33,37). The molecule has 1 fully saturated rings. The third-order valence-electron chi connectivity index (χ3n) is 6.66. The molecule has 0 spiro atoms. The number of nitrogens with one attached hydrogen (secondary N) is 2. The molecule has 0 aliphatic heterocycles. The third-order valence-corrected chi connectivity index (χ3v) is 7.54. The molecule has 1 aliphatic carbocycles. The normalized spacial score (nSPS) is 17.1. The van der Waals surface area contributed by atoms with Gasteiger partial charge in [0.1, 0.15) is 23.1 Å². The number of halogens is 2. The van der Waals surface area contributed by atoms with Crippen molar-refractivity contribution in [2.24, 2.45) is 0 Å². The van der Waals surface area contributed by atoms with E-state index in [0.717, 1.165) is 34.5 Å². The number of nitrogens with two attached hydrogens (primary N) is 1. The van der Waals surface area contributed by atoms with Crippen LogP contribution in [0.4, 0.5) is 20.3 Å². The quantitative estimate of drug-likeness (QED) is 0.228. The third kappa shape index (κ3) is 6.04. The number of amides is 1. The number of aromatic nitrogens is 2. The molecule has 4 aromatic rings. The van der Waals surface area contributed by atoms with Gasteiger partial charge >= 0.3 is 0 Å². The second kappa shape index (κ2) is 11.4. The number of fused-ring (bicyclic) bond motifs is 1. The summed E-state index contributed by atoms with van der Waals surface area (Å²) < 4.78 is 35.7. The first-order chi connectivity index (χ1) is 18.8. The van der Waals surface area contributed by atoms with Gasteiger partial charge in [-0.15, -0.1) is 0 Å². The largest absolute Gasteiger partial charge is 0.480 e. The zero-order valence-corrected chi connectivity index (χ0v) is 21.9. The van der Waals surface area contributed by atoms with Crippen molar-refractivity contribution in [2.75, 3.05) is 17.6 Å². The van der Waals surface area contributed by atoms with Crippen LogP contribution in [0.3, 0.4) is 0 Å². The highest BCUT2D eigenvalue weighted by molar-refractivity contribution is 8.00. The lowest BCUT2D eigenvalue weighted by molar-refractivity contribution is 0.0868. The highest BCUT2D eigenvalue weighted by Crippen LogP contribution is 2.34. The first-order valence-corrected chi connectivity index (χ1v) is 13.2. The van der Waals surface area contributed by atoms with Crippen molar-refractivity contribution >= 4 is 40.3 Å². The van der Waals surface area contributed by atoms with E-state index in [1.807, 2.05) is 18.2 Å². The van der Waals surface area contributed by atoms with Crippen molar-refractivity contribution in [2.45, 2.75) is 42.7 Å². The van der Waals surface area contributed by atoms with Crippen molar-refractivity contribution in [3.05, 3.63) is 71.9 Å². The molecule has 0 radical (unpaired) electrons. The Kier molecular flexibility index (Phi) is 7.80. The van der Waals surface area contributed by atoms with E-state index in [-0.39, 0.29) is 28.8 Å². The molecule has 0 bridgehead atoms. The van der Waals surface area contributed by atoms with Crippen LogP contribution in [-0.4, -0.2) is 40.2 Å². The van der Waals surface area contributed by atoms with Gasteiger partial charge in [0.25, 0.3) is 5.91 Å². The molecular weight excluding hydrogens is 524 g/mol. The molecule has 1 saturated carbocycles. The summed E-state index contributed by atoms with van der Waals surface area (Å²) in [6, 6.07) is 12.4. The summed E-state index contributed by atoms with van der Waals surface area (Å²) in [5.41, 5.74) is 9.09. The molecule has 0 atom stereocenters. The predicted octanol–water partition coefficient (Wildman–Crippen LogP) is 5.32. The number of aliphatic hydroxyl groups is 1. The van der Waals surface area contributed by atoms with Gasteiger partial charge in [-0.1, -0.05) is 6.07 Å². The number of carbonyl (C=O) groups excluding carboxylic acids is 1. The Morgan fingerprint density at radius 1 is 1.08 bits per heavy atom.